The number of carbonyl (C=O) groups is 1. The van der Waals surface area contributed by atoms with Gasteiger partial charge in [-0.1, -0.05) is 6.07 Å². The van der Waals surface area contributed by atoms with Gasteiger partial charge in [-0.3, -0.25) is 4.79 Å². The van der Waals surface area contributed by atoms with Crippen LogP contribution in [-0.2, 0) is 4.79 Å². The van der Waals surface area contributed by atoms with E-state index in [1.807, 2.05) is 13.8 Å². The number of carbonyl (C=O) groups excluding carboxylic acids is 1. The Kier molecular flexibility index (Phi) is 4.27. The van der Waals surface area contributed by atoms with Crippen LogP contribution in [0.5, 0.6) is 11.5 Å². The summed E-state index contributed by atoms with van der Waals surface area (Å²) in [6.45, 7) is 5.94. The molecule has 1 N–H and O–H groups in total. The highest BCUT2D eigenvalue weighted by atomic mass is 16.6. The Morgan fingerprint density at radius 3 is 2.53 bits per heavy atom. The van der Waals surface area contributed by atoms with Crippen molar-refractivity contribution < 1.29 is 19.4 Å². The SMILES string of the molecule is CCN(CC)C(=O)C(O)c1ccc2c(c1)OCCO2. The second kappa shape index (κ2) is 5.93. The molecule has 0 saturated heterocycles. The molecule has 1 unspecified atom stereocenters. The van der Waals surface area contributed by atoms with E-state index >= 15 is 0 Å². The largest absolute Gasteiger partial charge is 0.486 e. The summed E-state index contributed by atoms with van der Waals surface area (Å²) >= 11 is 0. The van der Waals surface area contributed by atoms with Crippen LogP contribution in [0.4, 0.5) is 0 Å². The van der Waals surface area contributed by atoms with Crippen molar-refractivity contribution in [2.75, 3.05) is 26.3 Å². The van der Waals surface area contributed by atoms with Crippen molar-refractivity contribution in [3.05, 3.63) is 23.8 Å². The van der Waals surface area contributed by atoms with Crippen LogP contribution in [0.15, 0.2) is 18.2 Å². The Balaban J connectivity index is 2.19. The normalized spacial score (nSPS) is 14.9. The van der Waals surface area contributed by atoms with Gasteiger partial charge < -0.3 is 19.5 Å². The van der Waals surface area contributed by atoms with Crippen LogP contribution in [0, 0.1) is 0 Å². The molecule has 19 heavy (non-hydrogen) atoms. The summed E-state index contributed by atoms with van der Waals surface area (Å²) in [5.74, 6) is 0.939. The van der Waals surface area contributed by atoms with Crippen LogP contribution in [0.2, 0.25) is 0 Å². The van der Waals surface area contributed by atoms with Gasteiger partial charge in [-0.25, -0.2) is 0 Å². The molecule has 2 rings (SSSR count). The van der Waals surface area contributed by atoms with Crippen LogP contribution >= 0.6 is 0 Å². The third kappa shape index (κ3) is 2.81. The Morgan fingerprint density at radius 1 is 1.26 bits per heavy atom. The smallest absolute Gasteiger partial charge is 0.256 e. The van der Waals surface area contributed by atoms with Crippen LogP contribution in [0.3, 0.4) is 0 Å². The number of amides is 1. The van der Waals surface area contributed by atoms with Crippen LogP contribution in [0.25, 0.3) is 0 Å². The third-order valence-electron chi connectivity index (χ3n) is 3.19. The Labute approximate surface area is 112 Å². The molecule has 5 nitrogen and oxygen atoms in total. The summed E-state index contributed by atoms with van der Waals surface area (Å²) in [6, 6.07) is 5.09. The summed E-state index contributed by atoms with van der Waals surface area (Å²) in [7, 11) is 0. The number of ether oxygens (including phenoxy) is 2. The highest BCUT2D eigenvalue weighted by molar-refractivity contribution is 5.82. The first kappa shape index (κ1) is 13.7. The summed E-state index contributed by atoms with van der Waals surface area (Å²) in [5, 5.41) is 10.1. The number of aliphatic hydroxyl groups excluding tert-OH is 1. The van der Waals surface area contributed by atoms with E-state index in [0.717, 1.165) is 0 Å². The molecule has 0 radical (unpaired) electrons. The number of aliphatic hydroxyl groups is 1. The fourth-order valence-corrected chi connectivity index (χ4v) is 2.08. The molecule has 1 aromatic carbocycles. The van der Waals surface area contributed by atoms with E-state index in [1.54, 1.807) is 23.1 Å². The minimum absolute atomic E-state index is 0.290. The number of benzene rings is 1. The topological polar surface area (TPSA) is 59.0 Å². The van der Waals surface area contributed by atoms with Gasteiger partial charge in [0.1, 0.15) is 13.2 Å². The van der Waals surface area contributed by atoms with Gasteiger partial charge in [0.15, 0.2) is 17.6 Å². The standard InChI is InChI=1S/C14H19NO4/c1-3-15(4-2)14(17)13(16)10-5-6-11-12(9-10)19-8-7-18-11/h5-6,9,13,16H,3-4,7-8H2,1-2H3. The minimum Gasteiger partial charge on any atom is -0.486 e. The van der Waals surface area contributed by atoms with Gasteiger partial charge in [-0.05, 0) is 31.5 Å². The lowest BCUT2D eigenvalue weighted by Gasteiger charge is -2.23. The first-order valence-electron chi connectivity index (χ1n) is 6.53. The van der Waals surface area contributed by atoms with Crippen molar-refractivity contribution in [1.29, 1.82) is 0 Å². The van der Waals surface area contributed by atoms with E-state index in [4.69, 9.17) is 9.47 Å². The molecule has 1 aromatic rings. The van der Waals surface area contributed by atoms with E-state index in [-0.39, 0.29) is 5.91 Å². The van der Waals surface area contributed by atoms with Gasteiger partial charge in [0.05, 0.1) is 0 Å². The van der Waals surface area contributed by atoms with Crippen LogP contribution in [0.1, 0.15) is 25.5 Å². The molecule has 1 aliphatic heterocycles. The molecule has 0 aromatic heterocycles. The fraction of sp³-hybridized carbons (Fsp3) is 0.500. The molecular formula is C14H19NO4. The van der Waals surface area contributed by atoms with E-state index in [1.165, 1.54) is 0 Å². The molecule has 0 fully saturated rings. The summed E-state index contributed by atoms with van der Waals surface area (Å²) < 4.78 is 10.9. The average molecular weight is 265 g/mol. The van der Waals surface area contributed by atoms with E-state index < -0.39 is 6.10 Å². The molecule has 1 amide bonds. The van der Waals surface area contributed by atoms with Gasteiger partial charge in [-0.2, -0.15) is 0 Å². The van der Waals surface area contributed by atoms with Gasteiger partial charge in [-0.15, -0.1) is 0 Å². The zero-order chi connectivity index (χ0) is 13.8. The summed E-state index contributed by atoms with van der Waals surface area (Å²) in [6.07, 6.45) is -1.16. The number of rotatable bonds is 4. The van der Waals surface area contributed by atoms with Crippen LogP contribution < -0.4 is 9.47 Å². The van der Waals surface area contributed by atoms with Gasteiger partial charge >= 0.3 is 0 Å². The zero-order valence-corrected chi connectivity index (χ0v) is 11.3. The molecule has 5 heteroatoms. The maximum atomic E-state index is 12.1. The van der Waals surface area contributed by atoms with Gasteiger partial charge in [0, 0.05) is 13.1 Å². The van der Waals surface area contributed by atoms with E-state index in [9.17, 15) is 9.90 Å². The van der Waals surface area contributed by atoms with Gasteiger partial charge in [0.25, 0.3) is 5.91 Å². The number of hydrogen-bond donors (Lipinski definition) is 1. The average Bonchev–Trinajstić information content (AvgIpc) is 2.47. The number of fused-ring (bicyclic) bond motifs is 1. The highest BCUT2D eigenvalue weighted by Gasteiger charge is 2.23. The Morgan fingerprint density at radius 2 is 1.89 bits per heavy atom. The Bertz CT molecular complexity index is 457. The molecule has 0 saturated carbocycles. The second-order valence-corrected chi connectivity index (χ2v) is 4.32. The lowest BCUT2D eigenvalue weighted by molar-refractivity contribution is -0.140. The molecular weight excluding hydrogens is 246 g/mol. The predicted octanol–water partition coefficient (Wildman–Crippen LogP) is 1.36. The molecule has 104 valence electrons. The number of hydrogen-bond acceptors (Lipinski definition) is 4. The maximum absolute atomic E-state index is 12.1. The van der Waals surface area contributed by atoms with Crippen molar-refractivity contribution >= 4 is 5.91 Å². The highest BCUT2D eigenvalue weighted by Crippen LogP contribution is 2.32. The first-order chi connectivity index (χ1) is 9.17. The summed E-state index contributed by atoms with van der Waals surface area (Å²) in [4.78, 5) is 13.7. The third-order valence-corrected chi connectivity index (χ3v) is 3.19. The number of likely N-dealkylation sites (N-methyl/N-ethyl adjacent to an activating group) is 1. The molecule has 0 aliphatic carbocycles. The predicted molar refractivity (Wildman–Crippen MR) is 70.3 cm³/mol. The first-order valence-corrected chi connectivity index (χ1v) is 6.53. The van der Waals surface area contributed by atoms with E-state index in [2.05, 4.69) is 0 Å². The molecule has 1 aliphatic rings. The quantitative estimate of drug-likeness (QED) is 0.893. The monoisotopic (exact) mass is 265 g/mol. The minimum atomic E-state index is -1.16. The van der Waals surface area contributed by atoms with Gasteiger partial charge in [0.2, 0.25) is 0 Å². The lowest BCUT2D eigenvalue weighted by Crippen LogP contribution is -2.34. The van der Waals surface area contributed by atoms with Crippen molar-refractivity contribution in [1.82, 2.24) is 4.90 Å². The van der Waals surface area contributed by atoms with E-state index in [0.29, 0.717) is 43.4 Å². The van der Waals surface area contributed by atoms with Crippen molar-refractivity contribution in [2.45, 2.75) is 20.0 Å². The lowest BCUT2D eigenvalue weighted by atomic mass is 10.1. The molecule has 1 atom stereocenters. The number of nitrogens with zero attached hydrogens (tertiary/aromatic N) is 1. The zero-order valence-electron chi connectivity index (χ0n) is 11.3. The second-order valence-electron chi connectivity index (χ2n) is 4.32. The van der Waals surface area contributed by atoms with Crippen LogP contribution in [-0.4, -0.2) is 42.2 Å². The maximum Gasteiger partial charge on any atom is 0.256 e. The fourth-order valence-electron chi connectivity index (χ4n) is 2.08. The molecule has 0 spiro atoms. The molecule has 1 heterocycles. The summed E-state index contributed by atoms with van der Waals surface area (Å²) in [5.41, 5.74) is 0.529. The van der Waals surface area contributed by atoms with Crippen molar-refractivity contribution in [2.24, 2.45) is 0 Å². The van der Waals surface area contributed by atoms with Crippen molar-refractivity contribution in [3.63, 3.8) is 0 Å². The van der Waals surface area contributed by atoms with Crippen molar-refractivity contribution in [3.8, 4) is 11.5 Å². The molecule has 0 bridgehead atoms. The Hall–Kier alpha value is -1.75.